The van der Waals surface area contributed by atoms with E-state index in [-0.39, 0.29) is 0 Å². The Morgan fingerprint density at radius 1 is 1.08 bits per heavy atom. The van der Waals surface area contributed by atoms with E-state index in [1.165, 1.54) is 16.7 Å². The molecule has 2 aromatic rings. The number of terminal acetylenes is 1. The molecule has 1 aliphatic rings. The topological polar surface area (TPSA) is 18.5 Å². The Morgan fingerprint density at radius 2 is 1.76 bits per heavy atom. The maximum absolute atomic E-state index is 6.18. The van der Waals surface area contributed by atoms with Crippen molar-refractivity contribution in [1.29, 1.82) is 0 Å². The van der Waals surface area contributed by atoms with Gasteiger partial charge in [0.1, 0.15) is 17.1 Å². The molecule has 0 aliphatic carbocycles. The molecule has 0 aromatic heterocycles. The van der Waals surface area contributed by atoms with Crippen LogP contribution in [0.25, 0.3) is 5.57 Å². The number of hydrogen-bond donors (Lipinski definition) is 0. The summed E-state index contributed by atoms with van der Waals surface area (Å²) in [6.07, 6.45) is 7.70. The summed E-state index contributed by atoms with van der Waals surface area (Å²) in [5, 5.41) is 0. The first-order valence-electron chi connectivity index (χ1n) is 8.49. The lowest BCUT2D eigenvalue weighted by Crippen LogP contribution is -2.29. The van der Waals surface area contributed by atoms with Gasteiger partial charge in [0.2, 0.25) is 0 Å². The summed E-state index contributed by atoms with van der Waals surface area (Å²) < 4.78 is 12.1. The second kappa shape index (κ2) is 6.01. The fourth-order valence-corrected chi connectivity index (χ4v) is 2.91. The van der Waals surface area contributed by atoms with Crippen LogP contribution in [0, 0.1) is 19.3 Å². The van der Waals surface area contributed by atoms with E-state index in [1.54, 1.807) is 0 Å². The van der Waals surface area contributed by atoms with Crippen molar-refractivity contribution in [3.8, 4) is 23.8 Å². The highest BCUT2D eigenvalue weighted by atomic mass is 16.5. The van der Waals surface area contributed by atoms with Gasteiger partial charge in [0, 0.05) is 11.6 Å². The SMILES string of the molecule is C#CC(C)(C)Oc1ccc2c(c1)OC(C)(C)C=C2c1ccc(C)cc1. The molecule has 0 unspecified atom stereocenters. The van der Waals surface area contributed by atoms with Gasteiger partial charge in [-0.15, -0.1) is 6.42 Å². The molecule has 0 amide bonds. The van der Waals surface area contributed by atoms with E-state index in [4.69, 9.17) is 15.9 Å². The maximum Gasteiger partial charge on any atom is 0.163 e. The Kier molecular flexibility index (Phi) is 4.13. The Labute approximate surface area is 150 Å². The van der Waals surface area contributed by atoms with E-state index in [2.05, 4.69) is 57.0 Å². The highest BCUT2D eigenvalue weighted by molar-refractivity contribution is 5.85. The van der Waals surface area contributed by atoms with Crippen LogP contribution in [-0.4, -0.2) is 11.2 Å². The van der Waals surface area contributed by atoms with Crippen LogP contribution >= 0.6 is 0 Å². The molecule has 0 bridgehead atoms. The standard InChI is InChI=1S/C23H24O2/c1-7-22(3,4)24-18-12-13-19-20(17-10-8-16(2)9-11-17)15-23(5,6)25-21(19)14-18/h1,8-15H,2-6H3. The van der Waals surface area contributed by atoms with Crippen molar-refractivity contribution in [2.24, 2.45) is 0 Å². The molecule has 1 heterocycles. The van der Waals surface area contributed by atoms with Gasteiger partial charge in [-0.2, -0.15) is 0 Å². The Hall–Kier alpha value is -2.66. The highest BCUT2D eigenvalue weighted by Gasteiger charge is 2.28. The Bertz CT molecular complexity index is 862. The third kappa shape index (κ3) is 3.72. The minimum absolute atomic E-state index is 0.395. The molecule has 0 atom stereocenters. The largest absolute Gasteiger partial charge is 0.483 e. The smallest absolute Gasteiger partial charge is 0.163 e. The first kappa shape index (κ1) is 17.2. The van der Waals surface area contributed by atoms with Gasteiger partial charge in [0.25, 0.3) is 0 Å². The summed E-state index contributed by atoms with van der Waals surface area (Å²) in [7, 11) is 0. The van der Waals surface area contributed by atoms with Gasteiger partial charge < -0.3 is 9.47 Å². The molecule has 2 heteroatoms. The molecular formula is C23H24O2. The Balaban J connectivity index is 2.05. The van der Waals surface area contributed by atoms with Crippen LogP contribution in [0.3, 0.4) is 0 Å². The van der Waals surface area contributed by atoms with E-state index >= 15 is 0 Å². The third-order valence-corrected chi connectivity index (χ3v) is 4.19. The van der Waals surface area contributed by atoms with Gasteiger partial charge in [-0.3, -0.25) is 0 Å². The third-order valence-electron chi connectivity index (χ3n) is 4.19. The van der Waals surface area contributed by atoms with Crippen molar-refractivity contribution in [2.45, 2.75) is 45.8 Å². The van der Waals surface area contributed by atoms with E-state index in [0.29, 0.717) is 5.75 Å². The van der Waals surface area contributed by atoms with Gasteiger partial charge in [-0.05, 0) is 64.0 Å². The molecule has 128 valence electrons. The van der Waals surface area contributed by atoms with Gasteiger partial charge >= 0.3 is 0 Å². The molecule has 2 nitrogen and oxygen atoms in total. The molecular weight excluding hydrogens is 308 g/mol. The van der Waals surface area contributed by atoms with Crippen molar-refractivity contribution in [3.63, 3.8) is 0 Å². The number of benzene rings is 2. The van der Waals surface area contributed by atoms with Crippen molar-refractivity contribution in [1.82, 2.24) is 0 Å². The average molecular weight is 332 g/mol. The van der Waals surface area contributed by atoms with Crippen LogP contribution in [0.2, 0.25) is 0 Å². The van der Waals surface area contributed by atoms with E-state index in [0.717, 1.165) is 11.3 Å². The van der Waals surface area contributed by atoms with Gasteiger partial charge in [0.05, 0.1) is 0 Å². The number of aryl methyl sites for hydroxylation is 1. The molecule has 25 heavy (non-hydrogen) atoms. The molecule has 3 rings (SSSR count). The molecule has 0 fully saturated rings. The molecule has 0 N–H and O–H groups in total. The molecule has 2 aromatic carbocycles. The molecule has 0 saturated heterocycles. The van der Waals surface area contributed by atoms with Gasteiger partial charge in [-0.25, -0.2) is 0 Å². The average Bonchev–Trinajstić information content (AvgIpc) is 2.53. The lowest BCUT2D eigenvalue weighted by Gasteiger charge is -2.32. The monoisotopic (exact) mass is 332 g/mol. The summed E-state index contributed by atoms with van der Waals surface area (Å²) in [5.74, 6) is 4.18. The van der Waals surface area contributed by atoms with Gasteiger partial charge in [0.15, 0.2) is 5.60 Å². The summed E-state index contributed by atoms with van der Waals surface area (Å²) in [4.78, 5) is 0. The number of ether oxygens (including phenoxy) is 2. The second-order valence-electron chi connectivity index (χ2n) is 7.54. The summed E-state index contributed by atoms with van der Waals surface area (Å²) in [5.41, 5.74) is 3.61. The second-order valence-corrected chi connectivity index (χ2v) is 7.54. The predicted octanol–water partition coefficient (Wildman–Crippen LogP) is 5.39. The van der Waals surface area contributed by atoms with Crippen LogP contribution in [0.4, 0.5) is 0 Å². The fourth-order valence-electron chi connectivity index (χ4n) is 2.91. The summed E-state index contributed by atoms with van der Waals surface area (Å²) in [6.45, 7) is 9.95. The first-order valence-corrected chi connectivity index (χ1v) is 8.49. The van der Waals surface area contributed by atoms with Gasteiger partial charge in [-0.1, -0.05) is 35.7 Å². The van der Waals surface area contributed by atoms with Crippen molar-refractivity contribution in [3.05, 3.63) is 65.2 Å². The normalized spacial score (nSPS) is 15.4. The minimum Gasteiger partial charge on any atom is -0.483 e. The molecule has 0 saturated carbocycles. The fraction of sp³-hybridized carbons (Fsp3) is 0.304. The lowest BCUT2D eigenvalue weighted by molar-refractivity contribution is 0.152. The molecule has 1 aliphatic heterocycles. The Morgan fingerprint density at radius 3 is 2.40 bits per heavy atom. The predicted molar refractivity (Wildman–Crippen MR) is 103 cm³/mol. The minimum atomic E-state index is -0.659. The van der Waals surface area contributed by atoms with E-state index in [1.807, 2.05) is 32.0 Å². The van der Waals surface area contributed by atoms with Crippen LogP contribution in [0.15, 0.2) is 48.5 Å². The zero-order valence-corrected chi connectivity index (χ0v) is 15.5. The summed E-state index contributed by atoms with van der Waals surface area (Å²) >= 11 is 0. The molecule has 0 spiro atoms. The quantitative estimate of drug-likeness (QED) is 0.702. The highest BCUT2D eigenvalue weighted by Crippen LogP contribution is 2.41. The number of hydrogen-bond acceptors (Lipinski definition) is 2. The molecule has 0 radical (unpaired) electrons. The summed E-state index contributed by atoms with van der Waals surface area (Å²) in [6, 6.07) is 14.5. The number of rotatable bonds is 3. The van der Waals surface area contributed by atoms with Crippen LogP contribution < -0.4 is 9.47 Å². The van der Waals surface area contributed by atoms with E-state index in [9.17, 15) is 0 Å². The lowest BCUT2D eigenvalue weighted by atomic mass is 9.89. The maximum atomic E-state index is 6.18. The zero-order chi connectivity index (χ0) is 18.2. The first-order chi connectivity index (χ1) is 11.7. The van der Waals surface area contributed by atoms with Crippen molar-refractivity contribution in [2.75, 3.05) is 0 Å². The number of fused-ring (bicyclic) bond motifs is 1. The zero-order valence-electron chi connectivity index (χ0n) is 15.5. The van der Waals surface area contributed by atoms with E-state index < -0.39 is 11.2 Å². The van der Waals surface area contributed by atoms with Crippen molar-refractivity contribution < 1.29 is 9.47 Å². The van der Waals surface area contributed by atoms with Crippen LogP contribution in [0.1, 0.15) is 44.4 Å². The van der Waals surface area contributed by atoms with Crippen molar-refractivity contribution >= 4 is 5.57 Å². The van der Waals surface area contributed by atoms with Crippen LogP contribution in [0.5, 0.6) is 11.5 Å². The van der Waals surface area contributed by atoms with Crippen LogP contribution in [-0.2, 0) is 0 Å².